The number of fused-ring (bicyclic) bond motifs is 1. The van der Waals surface area contributed by atoms with Crippen LogP contribution in [-0.2, 0) is 14.2 Å². The number of rotatable bonds is 0. The van der Waals surface area contributed by atoms with Gasteiger partial charge in [-0.25, -0.2) is 0 Å². The third kappa shape index (κ3) is 1.04. The molecule has 11 heavy (non-hydrogen) atoms. The third-order valence-corrected chi connectivity index (χ3v) is 1.61. The fourth-order valence-corrected chi connectivity index (χ4v) is 1.08. The van der Waals surface area contributed by atoms with Crippen molar-refractivity contribution in [3.05, 3.63) is 24.6 Å². The Labute approximate surface area is 63.0 Å². The first-order valence-corrected chi connectivity index (χ1v) is 3.28. The normalized spacial score (nSPS) is 34.6. The molecule has 0 aliphatic carbocycles. The summed E-state index contributed by atoms with van der Waals surface area (Å²) in [5.74, 6) is 0.0508. The summed E-state index contributed by atoms with van der Waals surface area (Å²) in [7, 11) is 0. The maximum atomic E-state index is 12.4. The quantitative estimate of drug-likeness (QED) is 0.531. The van der Waals surface area contributed by atoms with Gasteiger partial charge in [0.25, 0.3) is 18.2 Å². The van der Waals surface area contributed by atoms with Crippen LogP contribution in [-0.4, -0.2) is 12.9 Å². The summed E-state index contributed by atoms with van der Waals surface area (Å²) >= 11 is 0. The molecule has 2 rings (SSSR count). The van der Waals surface area contributed by atoms with E-state index in [4.69, 9.17) is 9.47 Å². The van der Waals surface area contributed by atoms with Crippen molar-refractivity contribution in [2.75, 3.05) is 6.61 Å². The van der Waals surface area contributed by atoms with Crippen LogP contribution in [0.25, 0.3) is 0 Å². The predicted octanol–water partition coefficient (Wildman–Crippen LogP) is 1.29. The summed E-state index contributed by atoms with van der Waals surface area (Å²) < 4.78 is 27.0. The fourth-order valence-electron chi connectivity index (χ4n) is 1.08. The van der Waals surface area contributed by atoms with Gasteiger partial charge in [-0.05, 0) is 6.58 Å². The molecule has 4 heteroatoms. The van der Waals surface area contributed by atoms with Crippen LogP contribution >= 0.6 is 0 Å². The molecule has 2 unspecified atom stereocenters. The van der Waals surface area contributed by atoms with Gasteiger partial charge in [0.05, 0.1) is 5.92 Å². The molecule has 3 nitrogen and oxygen atoms in total. The lowest BCUT2D eigenvalue weighted by Gasteiger charge is -2.26. The van der Waals surface area contributed by atoms with E-state index in [0.29, 0.717) is 6.61 Å². The Hall–Kier alpha value is -1.19. The molecule has 0 amide bonds. The molecule has 0 N–H and O–H groups in total. The first kappa shape index (κ1) is 6.52. The van der Waals surface area contributed by atoms with Crippen LogP contribution in [0, 0.1) is 5.92 Å². The van der Waals surface area contributed by atoms with Crippen molar-refractivity contribution in [1.82, 2.24) is 0 Å². The van der Waals surface area contributed by atoms with E-state index in [1.54, 1.807) is 0 Å². The molecular weight excluding hydrogens is 151 g/mol. The van der Waals surface area contributed by atoms with Crippen LogP contribution in [0.2, 0.25) is 0 Å². The molecule has 2 aliphatic rings. The topological polar surface area (TPSA) is 27.7 Å². The zero-order valence-corrected chi connectivity index (χ0v) is 5.75. The molecule has 1 saturated heterocycles. The van der Waals surface area contributed by atoms with Gasteiger partial charge in [-0.1, -0.05) is 0 Å². The van der Waals surface area contributed by atoms with Crippen LogP contribution in [0.4, 0.5) is 4.39 Å². The van der Waals surface area contributed by atoms with Crippen molar-refractivity contribution in [3.8, 4) is 0 Å². The fraction of sp³-hybridized carbons (Fsp3) is 0.429. The molecule has 0 spiro atoms. The standard InChI is InChI=1S/C7H7FO3/c1-4-9-3-5-2-6(8)11-7(5)10-4/h2,5,7H,1,3H2. The molecular formula is C7H7FO3. The summed E-state index contributed by atoms with van der Waals surface area (Å²) in [5.41, 5.74) is 0. The van der Waals surface area contributed by atoms with E-state index in [-0.39, 0.29) is 11.9 Å². The van der Waals surface area contributed by atoms with Crippen molar-refractivity contribution >= 4 is 0 Å². The monoisotopic (exact) mass is 158 g/mol. The zero-order valence-electron chi connectivity index (χ0n) is 5.75. The highest BCUT2D eigenvalue weighted by Gasteiger charge is 2.35. The molecule has 0 aromatic carbocycles. The van der Waals surface area contributed by atoms with Crippen LogP contribution in [0.3, 0.4) is 0 Å². The van der Waals surface area contributed by atoms with Crippen LogP contribution in [0.1, 0.15) is 0 Å². The number of ether oxygens (including phenoxy) is 3. The van der Waals surface area contributed by atoms with Gasteiger partial charge < -0.3 is 14.2 Å². The minimum atomic E-state index is -0.599. The molecule has 0 aromatic heterocycles. The molecule has 0 aromatic rings. The zero-order chi connectivity index (χ0) is 7.84. The highest BCUT2D eigenvalue weighted by atomic mass is 19.1. The van der Waals surface area contributed by atoms with Gasteiger partial charge in [-0.15, -0.1) is 0 Å². The Morgan fingerprint density at radius 2 is 2.36 bits per heavy atom. The van der Waals surface area contributed by atoms with E-state index in [9.17, 15) is 4.39 Å². The van der Waals surface area contributed by atoms with E-state index in [0.717, 1.165) is 0 Å². The second-order valence-corrected chi connectivity index (χ2v) is 2.42. The predicted molar refractivity (Wildman–Crippen MR) is 33.7 cm³/mol. The number of hydrogen-bond donors (Lipinski definition) is 0. The van der Waals surface area contributed by atoms with Gasteiger partial charge in [0.2, 0.25) is 0 Å². The van der Waals surface area contributed by atoms with Gasteiger partial charge in [-0.3, -0.25) is 0 Å². The Kier molecular flexibility index (Phi) is 1.27. The van der Waals surface area contributed by atoms with E-state index in [2.05, 4.69) is 11.3 Å². The van der Waals surface area contributed by atoms with E-state index >= 15 is 0 Å². The lowest BCUT2D eigenvalue weighted by Crippen LogP contribution is -2.29. The first-order chi connectivity index (χ1) is 5.25. The first-order valence-electron chi connectivity index (χ1n) is 3.28. The van der Waals surface area contributed by atoms with E-state index in [1.165, 1.54) is 6.08 Å². The molecule has 1 fully saturated rings. The van der Waals surface area contributed by atoms with Crippen molar-refractivity contribution in [2.45, 2.75) is 6.29 Å². The smallest absolute Gasteiger partial charge is 0.274 e. The molecule has 60 valence electrons. The number of halogens is 1. The number of hydrogen-bond acceptors (Lipinski definition) is 3. The van der Waals surface area contributed by atoms with Gasteiger partial charge >= 0.3 is 0 Å². The highest BCUT2D eigenvalue weighted by Crippen LogP contribution is 2.30. The maximum Gasteiger partial charge on any atom is 0.274 e. The maximum absolute atomic E-state index is 12.4. The highest BCUT2D eigenvalue weighted by molar-refractivity contribution is 5.00. The van der Waals surface area contributed by atoms with Crippen molar-refractivity contribution in [1.29, 1.82) is 0 Å². The van der Waals surface area contributed by atoms with Gasteiger partial charge in [0.15, 0.2) is 0 Å². The van der Waals surface area contributed by atoms with Gasteiger partial charge in [0.1, 0.15) is 6.61 Å². The molecule has 2 heterocycles. The Morgan fingerprint density at radius 1 is 1.55 bits per heavy atom. The second kappa shape index (κ2) is 2.15. The van der Waals surface area contributed by atoms with Crippen LogP contribution in [0.5, 0.6) is 0 Å². The molecule has 0 saturated carbocycles. The Morgan fingerprint density at radius 3 is 3.18 bits per heavy atom. The van der Waals surface area contributed by atoms with Crippen molar-refractivity contribution in [3.63, 3.8) is 0 Å². The van der Waals surface area contributed by atoms with Crippen molar-refractivity contribution in [2.24, 2.45) is 5.92 Å². The average molecular weight is 158 g/mol. The summed E-state index contributed by atoms with van der Waals surface area (Å²) in [6.45, 7) is 3.80. The lowest BCUT2D eigenvalue weighted by atomic mass is 10.1. The minimum absolute atomic E-state index is 0.138. The van der Waals surface area contributed by atoms with Crippen LogP contribution < -0.4 is 0 Å². The summed E-state index contributed by atoms with van der Waals surface area (Å²) in [6, 6.07) is -0.599. The molecule has 2 atom stereocenters. The molecule has 0 radical (unpaired) electrons. The lowest BCUT2D eigenvalue weighted by molar-refractivity contribution is -0.184. The average Bonchev–Trinajstić information content (AvgIpc) is 2.27. The Balaban J connectivity index is 2.09. The third-order valence-electron chi connectivity index (χ3n) is 1.61. The van der Waals surface area contributed by atoms with E-state index in [1.807, 2.05) is 0 Å². The summed E-state index contributed by atoms with van der Waals surface area (Å²) in [6.07, 6.45) is 0.771. The summed E-state index contributed by atoms with van der Waals surface area (Å²) in [4.78, 5) is 0. The SMILES string of the molecule is C=C1OCC2C=C(F)OC2O1. The second-order valence-electron chi connectivity index (χ2n) is 2.42. The Bertz CT molecular complexity index is 224. The molecule has 0 bridgehead atoms. The van der Waals surface area contributed by atoms with Gasteiger partial charge in [0, 0.05) is 6.08 Å². The van der Waals surface area contributed by atoms with Gasteiger partial charge in [-0.2, -0.15) is 4.39 Å². The minimum Gasteiger partial charge on any atom is -0.465 e. The summed E-state index contributed by atoms with van der Waals surface area (Å²) in [5, 5.41) is 0. The van der Waals surface area contributed by atoms with Crippen molar-refractivity contribution < 1.29 is 18.6 Å². The largest absolute Gasteiger partial charge is 0.465 e. The molecule has 2 aliphatic heterocycles. The van der Waals surface area contributed by atoms with Crippen LogP contribution in [0.15, 0.2) is 24.6 Å². The van der Waals surface area contributed by atoms with E-state index < -0.39 is 12.3 Å².